The Bertz CT molecular complexity index is 280. The molecule has 0 bridgehead atoms. The molecule has 14 heavy (non-hydrogen) atoms. The number of amides is 2. The molecule has 1 rings (SSSR count). The summed E-state index contributed by atoms with van der Waals surface area (Å²) in [4.78, 5) is 24.4. The Morgan fingerprint density at radius 1 is 1.64 bits per heavy atom. The largest absolute Gasteiger partial charge is 0.345 e. The summed E-state index contributed by atoms with van der Waals surface area (Å²) in [6.45, 7) is 2.45. The van der Waals surface area contributed by atoms with E-state index in [4.69, 9.17) is 6.42 Å². The van der Waals surface area contributed by atoms with Crippen LogP contribution in [0.3, 0.4) is 0 Å². The zero-order valence-corrected chi connectivity index (χ0v) is 8.25. The number of piperazine rings is 1. The van der Waals surface area contributed by atoms with E-state index in [0.29, 0.717) is 19.4 Å². The monoisotopic (exact) mass is 194 g/mol. The highest BCUT2D eigenvalue weighted by Gasteiger charge is 2.32. The first-order valence-corrected chi connectivity index (χ1v) is 4.71. The number of nitrogens with zero attached hydrogens (tertiary/aromatic N) is 1. The molecule has 76 valence electrons. The van der Waals surface area contributed by atoms with Gasteiger partial charge in [0.15, 0.2) is 0 Å². The molecule has 4 nitrogen and oxygen atoms in total. The normalized spacial score (nSPS) is 21.7. The summed E-state index contributed by atoms with van der Waals surface area (Å²) < 4.78 is 0. The topological polar surface area (TPSA) is 49.4 Å². The highest BCUT2D eigenvalue weighted by Crippen LogP contribution is 2.09. The van der Waals surface area contributed by atoms with Crippen LogP contribution in [0.5, 0.6) is 0 Å². The minimum atomic E-state index is -0.343. The van der Waals surface area contributed by atoms with Gasteiger partial charge in [-0.15, -0.1) is 12.3 Å². The number of carbonyl (C=O) groups is 2. The van der Waals surface area contributed by atoms with Crippen molar-refractivity contribution in [3.8, 4) is 12.3 Å². The number of nitrogens with one attached hydrogen (secondary N) is 1. The molecule has 0 aromatic carbocycles. The average Bonchev–Trinajstić information content (AvgIpc) is 2.19. The van der Waals surface area contributed by atoms with Crippen LogP contribution >= 0.6 is 0 Å². The predicted octanol–water partition coefficient (Wildman–Crippen LogP) is -0.253. The van der Waals surface area contributed by atoms with Gasteiger partial charge in [-0.25, -0.2) is 0 Å². The van der Waals surface area contributed by atoms with Gasteiger partial charge in [-0.05, 0) is 6.42 Å². The van der Waals surface area contributed by atoms with Crippen LogP contribution in [0.15, 0.2) is 0 Å². The molecule has 1 aliphatic heterocycles. The molecule has 0 aromatic heterocycles. The third kappa shape index (κ3) is 2.05. The van der Waals surface area contributed by atoms with Crippen LogP contribution in [0.2, 0.25) is 0 Å². The first-order chi connectivity index (χ1) is 6.70. The average molecular weight is 194 g/mol. The molecule has 1 saturated heterocycles. The van der Waals surface area contributed by atoms with Gasteiger partial charge in [0.2, 0.25) is 11.8 Å². The smallest absolute Gasteiger partial charge is 0.243 e. The van der Waals surface area contributed by atoms with Crippen LogP contribution in [-0.4, -0.2) is 35.8 Å². The standard InChI is InChI=1S/C10H14N2O2/c1-3-5-6-12-8(4-2)10(14)11-7-9(12)13/h1,8H,4-7H2,2H3,(H,11,14). The van der Waals surface area contributed by atoms with Crippen molar-refractivity contribution in [2.75, 3.05) is 13.1 Å². The first kappa shape index (κ1) is 10.6. The van der Waals surface area contributed by atoms with Crippen molar-refractivity contribution >= 4 is 11.8 Å². The number of hydrogen-bond acceptors (Lipinski definition) is 2. The van der Waals surface area contributed by atoms with Gasteiger partial charge in [0.1, 0.15) is 6.04 Å². The first-order valence-electron chi connectivity index (χ1n) is 4.71. The molecule has 0 spiro atoms. The summed E-state index contributed by atoms with van der Waals surface area (Å²) >= 11 is 0. The molecule has 1 unspecified atom stereocenters. The van der Waals surface area contributed by atoms with E-state index in [1.54, 1.807) is 4.90 Å². The van der Waals surface area contributed by atoms with Crippen molar-refractivity contribution in [1.82, 2.24) is 10.2 Å². The number of carbonyl (C=O) groups excluding carboxylic acids is 2. The number of hydrogen-bond donors (Lipinski definition) is 1. The molecule has 0 saturated carbocycles. The van der Waals surface area contributed by atoms with Gasteiger partial charge in [0, 0.05) is 13.0 Å². The van der Waals surface area contributed by atoms with Gasteiger partial charge in [0.05, 0.1) is 6.54 Å². The summed E-state index contributed by atoms with van der Waals surface area (Å²) in [7, 11) is 0. The Labute approximate surface area is 83.6 Å². The lowest BCUT2D eigenvalue weighted by Gasteiger charge is -2.33. The van der Waals surface area contributed by atoms with E-state index in [2.05, 4.69) is 11.2 Å². The summed E-state index contributed by atoms with van der Waals surface area (Å²) in [5.41, 5.74) is 0. The van der Waals surface area contributed by atoms with Gasteiger partial charge in [-0.1, -0.05) is 6.92 Å². The highest BCUT2D eigenvalue weighted by molar-refractivity contribution is 5.94. The second-order valence-electron chi connectivity index (χ2n) is 3.18. The minimum Gasteiger partial charge on any atom is -0.345 e. The van der Waals surface area contributed by atoms with Crippen molar-refractivity contribution in [2.45, 2.75) is 25.8 Å². The van der Waals surface area contributed by atoms with Gasteiger partial charge in [-0.3, -0.25) is 9.59 Å². The predicted molar refractivity (Wildman–Crippen MR) is 52.3 cm³/mol. The zero-order chi connectivity index (χ0) is 10.6. The Kier molecular flexibility index (Phi) is 3.52. The second kappa shape index (κ2) is 4.66. The van der Waals surface area contributed by atoms with Crippen LogP contribution in [0.1, 0.15) is 19.8 Å². The minimum absolute atomic E-state index is 0.0494. The Balaban J connectivity index is 2.69. The molecule has 1 heterocycles. The zero-order valence-electron chi connectivity index (χ0n) is 8.25. The van der Waals surface area contributed by atoms with Crippen molar-refractivity contribution in [3.05, 3.63) is 0 Å². The maximum Gasteiger partial charge on any atom is 0.243 e. The maximum atomic E-state index is 11.5. The molecular formula is C10H14N2O2. The number of terminal acetylenes is 1. The van der Waals surface area contributed by atoms with Crippen LogP contribution in [-0.2, 0) is 9.59 Å². The Morgan fingerprint density at radius 3 is 2.93 bits per heavy atom. The Morgan fingerprint density at radius 2 is 2.36 bits per heavy atom. The summed E-state index contributed by atoms with van der Waals surface area (Å²) in [6, 6.07) is -0.343. The summed E-state index contributed by atoms with van der Waals surface area (Å²) in [6.07, 6.45) is 6.25. The van der Waals surface area contributed by atoms with E-state index < -0.39 is 0 Å². The lowest BCUT2D eigenvalue weighted by atomic mass is 10.1. The second-order valence-corrected chi connectivity index (χ2v) is 3.18. The van der Waals surface area contributed by atoms with Crippen LogP contribution < -0.4 is 5.32 Å². The molecule has 1 N–H and O–H groups in total. The molecule has 1 fully saturated rings. The van der Waals surface area contributed by atoms with Crippen LogP contribution in [0.4, 0.5) is 0 Å². The van der Waals surface area contributed by atoms with E-state index in [1.807, 2.05) is 6.92 Å². The van der Waals surface area contributed by atoms with Crippen molar-refractivity contribution in [1.29, 1.82) is 0 Å². The third-order valence-corrected chi connectivity index (χ3v) is 2.30. The fourth-order valence-electron chi connectivity index (χ4n) is 1.57. The van der Waals surface area contributed by atoms with E-state index in [1.165, 1.54) is 0 Å². The fourth-order valence-corrected chi connectivity index (χ4v) is 1.57. The lowest BCUT2D eigenvalue weighted by molar-refractivity contribution is -0.145. The van der Waals surface area contributed by atoms with Gasteiger partial charge in [-0.2, -0.15) is 0 Å². The summed E-state index contributed by atoms with van der Waals surface area (Å²) in [5.74, 6) is 2.34. The van der Waals surface area contributed by atoms with E-state index in [0.717, 1.165) is 0 Å². The SMILES string of the molecule is C#CCCN1C(=O)CNC(=O)C1CC. The maximum absolute atomic E-state index is 11.5. The Hall–Kier alpha value is -1.50. The van der Waals surface area contributed by atoms with Crippen molar-refractivity contribution in [2.24, 2.45) is 0 Å². The van der Waals surface area contributed by atoms with Crippen LogP contribution in [0, 0.1) is 12.3 Å². The van der Waals surface area contributed by atoms with E-state index in [9.17, 15) is 9.59 Å². The molecule has 1 aliphatic rings. The van der Waals surface area contributed by atoms with Crippen LogP contribution in [0.25, 0.3) is 0 Å². The van der Waals surface area contributed by atoms with Gasteiger partial charge < -0.3 is 10.2 Å². The van der Waals surface area contributed by atoms with E-state index in [-0.39, 0.29) is 24.4 Å². The lowest BCUT2D eigenvalue weighted by Crippen LogP contribution is -2.58. The van der Waals surface area contributed by atoms with Gasteiger partial charge in [0.25, 0.3) is 0 Å². The summed E-state index contributed by atoms with van der Waals surface area (Å²) in [5, 5.41) is 2.56. The third-order valence-electron chi connectivity index (χ3n) is 2.30. The molecule has 0 radical (unpaired) electrons. The molecule has 0 aliphatic carbocycles. The molecular weight excluding hydrogens is 180 g/mol. The highest BCUT2D eigenvalue weighted by atomic mass is 16.2. The van der Waals surface area contributed by atoms with Crippen molar-refractivity contribution in [3.63, 3.8) is 0 Å². The molecule has 4 heteroatoms. The molecule has 2 amide bonds. The molecule has 1 atom stereocenters. The molecule has 0 aromatic rings. The fraction of sp³-hybridized carbons (Fsp3) is 0.600. The number of rotatable bonds is 3. The quantitative estimate of drug-likeness (QED) is 0.630. The van der Waals surface area contributed by atoms with E-state index >= 15 is 0 Å². The van der Waals surface area contributed by atoms with Gasteiger partial charge >= 0.3 is 0 Å². The van der Waals surface area contributed by atoms with Crippen molar-refractivity contribution < 1.29 is 9.59 Å².